The zero-order valence-electron chi connectivity index (χ0n) is 11.2. The number of para-hydroxylation sites is 1. The van der Waals surface area contributed by atoms with Crippen LogP contribution in [-0.2, 0) is 7.05 Å². The highest BCUT2D eigenvalue weighted by Crippen LogP contribution is 2.27. The molecule has 2 N–H and O–H groups in total. The second-order valence-electron chi connectivity index (χ2n) is 4.76. The van der Waals surface area contributed by atoms with Gasteiger partial charge < -0.3 is 10.3 Å². The van der Waals surface area contributed by atoms with Gasteiger partial charge in [0.05, 0.1) is 17.1 Å². The SMILES string of the molecule is Cc1cccc2nc(N)n(C(C)c3nncn3C)c12. The molecule has 0 aliphatic carbocycles. The Balaban J connectivity index is 2.25. The lowest BCUT2D eigenvalue weighted by atomic mass is 10.2. The molecular formula is C13H16N6. The van der Waals surface area contributed by atoms with Gasteiger partial charge in [0.15, 0.2) is 5.82 Å². The van der Waals surface area contributed by atoms with Crippen molar-refractivity contribution < 1.29 is 0 Å². The molecule has 3 rings (SSSR count). The van der Waals surface area contributed by atoms with Gasteiger partial charge >= 0.3 is 0 Å². The number of benzene rings is 1. The summed E-state index contributed by atoms with van der Waals surface area (Å²) in [4.78, 5) is 4.42. The summed E-state index contributed by atoms with van der Waals surface area (Å²) in [5.41, 5.74) is 9.18. The van der Waals surface area contributed by atoms with E-state index < -0.39 is 0 Å². The van der Waals surface area contributed by atoms with E-state index in [1.807, 2.05) is 35.2 Å². The Morgan fingerprint density at radius 2 is 2.11 bits per heavy atom. The number of aryl methyl sites for hydroxylation is 2. The topological polar surface area (TPSA) is 74.6 Å². The molecule has 2 aromatic heterocycles. The van der Waals surface area contributed by atoms with Gasteiger partial charge in [-0.3, -0.25) is 4.57 Å². The number of nitrogens with two attached hydrogens (primary N) is 1. The van der Waals surface area contributed by atoms with Gasteiger partial charge in [-0.05, 0) is 25.5 Å². The van der Waals surface area contributed by atoms with Crippen molar-refractivity contribution in [3.8, 4) is 0 Å². The van der Waals surface area contributed by atoms with Gasteiger partial charge in [0, 0.05) is 7.05 Å². The van der Waals surface area contributed by atoms with E-state index in [9.17, 15) is 0 Å². The highest BCUT2D eigenvalue weighted by atomic mass is 15.3. The Morgan fingerprint density at radius 3 is 2.79 bits per heavy atom. The minimum absolute atomic E-state index is 0.0152. The van der Waals surface area contributed by atoms with Crippen LogP contribution in [0.1, 0.15) is 24.4 Å². The quantitative estimate of drug-likeness (QED) is 0.756. The molecule has 3 aromatic rings. The summed E-state index contributed by atoms with van der Waals surface area (Å²) in [6, 6.07) is 6.00. The van der Waals surface area contributed by atoms with Gasteiger partial charge in [-0.2, -0.15) is 0 Å². The molecule has 6 heteroatoms. The molecule has 1 aromatic carbocycles. The van der Waals surface area contributed by atoms with E-state index in [1.54, 1.807) is 6.33 Å². The van der Waals surface area contributed by atoms with Crippen molar-refractivity contribution in [2.75, 3.05) is 5.73 Å². The van der Waals surface area contributed by atoms with Crippen molar-refractivity contribution in [2.24, 2.45) is 7.05 Å². The van der Waals surface area contributed by atoms with Crippen LogP contribution < -0.4 is 5.73 Å². The molecule has 0 saturated carbocycles. The van der Waals surface area contributed by atoms with E-state index in [0.29, 0.717) is 5.95 Å². The molecule has 98 valence electrons. The molecule has 6 nitrogen and oxygen atoms in total. The summed E-state index contributed by atoms with van der Waals surface area (Å²) < 4.78 is 3.91. The first-order valence-corrected chi connectivity index (χ1v) is 6.16. The molecule has 0 amide bonds. The maximum absolute atomic E-state index is 6.07. The van der Waals surface area contributed by atoms with E-state index in [2.05, 4.69) is 28.2 Å². The zero-order valence-corrected chi connectivity index (χ0v) is 11.2. The second kappa shape index (κ2) is 4.08. The van der Waals surface area contributed by atoms with E-state index >= 15 is 0 Å². The Kier molecular flexibility index (Phi) is 2.51. The van der Waals surface area contributed by atoms with Crippen LogP contribution in [0.3, 0.4) is 0 Å². The molecule has 0 saturated heterocycles. The van der Waals surface area contributed by atoms with E-state index in [1.165, 1.54) is 0 Å². The van der Waals surface area contributed by atoms with Crippen molar-refractivity contribution in [3.63, 3.8) is 0 Å². The van der Waals surface area contributed by atoms with Gasteiger partial charge in [0.2, 0.25) is 5.95 Å². The molecule has 0 radical (unpaired) electrons. The molecular weight excluding hydrogens is 240 g/mol. The van der Waals surface area contributed by atoms with E-state index in [4.69, 9.17) is 5.73 Å². The molecule has 2 heterocycles. The molecule has 0 aliphatic rings. The van der Waals surface area contributed by atoms with Crippen LogP contribution in [0.15, 0.2) is 24.5 Å². The van der Waals surface area contributed by atoms with Gasteiger partial charge in [-0.25, -0.2) is 4.98 Å². The van der Waals surface area contributed by atoms with Gasteiger partial charge in [0.25, 0.3) is 0 Å². The summed E-state index contributed by atoms with van der Waals surface area (Å²) in [5, 5.41) is 8.08. The van der Waals surface area contributed by atoms with Crippen LogP contribution in [-0.4, -0.2) is 24.3 Å². The molecule has 1 unspecified atom stereocenters. The minimum atomic E-state index is -0.0152. The first-order valence-electron chi connectivity index (χ1n) is 6.16. The Bertz CT molecular complexity index is 739. The summed E-state index contributed by atoms with van der Waals surface area (Å²) in [5.74, 6) is 1.36. The number of nitrogens with zero attached hydrogens (tertiary/aromatic N) is 5. The fraction of sp³-hybridized carbons (Fsp3) is 0.308. The van der Waals surface area contributed by atoms with Gasteiger partial charge in [-0.1, -0.05) is 12.1 Å². The normalized spacial score (nSPS) is 13.0. The average Bonchev–Trinajstić information content (AvgIpc) is 2.92. The van der Waals surface area contributed by atoms with Crippen LogP contribution in [0.5, 0.6) is 0 Å². The van der Waals surface area contributed by atoms with E-state index in [0.717, 1.165) is 22.4 Å². The van der Waals surface area contributed by atoms with Crippen LogP contribution in [0.25, 0.3) is 11.0 Å². The smallest absolute Gasteiger partial charge is 0.201 e. The molecule has 0 spiro atoms. The standard InChI is InChI=1S/C13H16N6/c1-8-5-4-6-10-11(8)19(13(14)16-10)9(2)12-17-15-7-18(12)3/h4-7,9H,1-3H3,(H2,14,16). The van der Waals surface area contributed by atoms with Crippen LogP contribution in [0, 0.1) is 6.92 Å². The van der Waals surface area contributed by atoms with Gasteiger partial charge in [-0.15, -0.1) is 10.2 Å². The third kappa shape index (κ3) is 1.68. The summed E-state index contributed by atoms with van der Waals surface area (Å²) in [7, 11) is 1.92. The summed E-state index contributed by atoms with van der Waals surface area (Å²) >= 11 is 0. The Morgan fingerprint density at radius 1 is 1.32 bits per heavy atom. The Labute approximate surface area is 110 Å². The molecule has 0 aliphatic heterocycles. The van der Waals surface area contributed by atoms with Crippen LogP contribution in [0.4, 0.5) is 5.95 Å². The highest BCUT2D eigenvalue weighted by Gasteiger charge is 2.20. The first kappa shape index (κ1) is 11.7. The summed E-state index contributed by atoms with van der Waals surface area (Å²) in [6.45, 7) is 4.11. The predicted molar refractivity (Wildman–Crippen MR) is 73.7 cm³/mol. The summed E-state index contributed by atoms with van der Waals surface area (Å²) in [6.07, 6.45) is 1.69. The van der Waals surface area contributed by atoms with Crippen molar-refractivity contribution >= 4 is 17.0 Å². The fourth-order valence-corrected chi connectivity index (χ4v) is 2.52. The van der Waals surface area contributed by atoms with Crippen molar-refractivity contribution in [2.45, 2.75) is 19.9 Å². The number of imidazole rings is 1. The maximum Gasteiger partial charge on any atom is 0.201 e. The molecule has 0 bridgehead atoms. The van der Waals surface area contributed by atoms with E-state index in [-0.39, 0.29) is 6.04 Å². The fourth-order valence-electron chi connectivity index (χ4n) is 2.52. The highest BCUT2D eigenvalue weighted by molar-refractivity contribution is 5.81. The van der Waals surface area contributed by atoms with Crippen molar-refractivity contribution in [3.05, 3.63) is 35.9 Å². The number of hydrogen-bond donors (Lipinski definition) is 1. The second-order valence-corrected chi connectivity index (χ2v) is 4.76. The molecule has 0 fully saturated rings. The monoisotopic (exact) mass is 256 g/mol. The van der Waals surface area contributed by atoms with Gasteiger partial charge in [0.1, 0.15) is 6.33 Å². The number of rotatable bonds is 2. The number of hydrogen-bond acceptors (Lipinski definition) is 4. The minimum Gasteiger partial charge on any atom is -0.369 e. The third-order valence-corrected chi connectivity index (χ3v) is 3.45. The number of anilines is 1. The number of fused-ring (bicyclic) bond motifs is 1. The Hall–Kier alpha value is -2.37. The lowest BCUT2D eigenvalue weighted by Gasteiger charge is -2.15. The largest absolute Gasteiger partial charge is 0.369 e. The first-order chi connectivity index (χ1) is 9.09. The van der Waals surface area contributed by atoms with Crippen molar-refractivity contribution in [1.29, 1.82) is 0 Å². The molecule has 1 atom stereocenters. The lowest BCUT2D eigenvalue weighted by Crippen LogP contribution is -2.14. The zero-order chi connectivity index (χ0) is 13.6. The average molecular weight is 256 g/mol. The maximum atomic E-state index is 6.07. The number of aromatic nitrogens is 5. The van der Waals surface area contributed by atoms with Crippen molar-refractivity contribution in [1.82, 2.24) is 24.3 Å². The number of nitrogen functional groups attached to an aromatic ring is 1. The lowest BCUT2D eigenvalue weighted by molar-refractivity contribution is 0.593. The predicted octanol–water partition coefficient (Wildman–Crippen LogP) is 1.66. The molecule has 19 heavy (non-hydrogen) atoms. The van der Waals surface area contributed by atoms with Crippen LogP contribution >= 0.6 is 0 Å². The third-order valence-electron chi connectivity index (χ3n) is 3.45. The van der Waals surface area contributed by atoms with Crippen LogP contribution in [0.2, 0.25) is 0 Å².